The zero-order valence-electron chi connectivity index (χ0n) is 8.66. The number of aromatic amines is 1. The van der Waals surface area contributed by atoms with Gasteiger partial charge < -0.3 is 9.72 Å². The third-order valence-corrected chi connectivity index (χ3v) is 2.74. The number of ketones is 1. The molecule has 0 spiro atoms. The first-order valence-electron chi connectivity index (χ1n) is 4.74. The Morgan fingerprint density at radius 1 is 1.38 bits per heavy atom. The molecule has 0 radical (unpaired) electrons. The number of hydrogen-bond acceptors (Lipinski definition) is 2. The standard InChI is InChI=1S/C12H10BrNO2/c1-16-11-7-8(13)4-5-9(11)12(15)10-3-2-6-14-10/h2-7,14H,1H3. The third-order valence-electron chi connectivity index (χ3n) is 2.25. The van der Waals surface area contributed by atoms with Crippen molar-refractivity contribution < 1.29 is 9.53 Å². The molecule has 0 atom stereocenters. The van der Waals surface area contributed by atoms with Crippen LogP contribution < -0.4 is 4.74 Å². The van der Waals surface area contributed by atoms with E-state index >= 15 is 0 Å². The molecule has 0 unspecified atom stereocenters. The van der Waals surface area contributed by atoms with Crippen LogP contribution in [0.3, 0.4) is 0 Å². The van der Waals surface area contributed by atoms with Crippen molar-refractivity contribution in [3.63, 3.8) is 0 Å². The van der Waals surface area contributed by atoms with Crippen LogP contribution in [0.25, 0.3) is 0 Å². The molecule has 1 N–H and O–H groups in total. The van der Waals surface area contributed by atoms with Crippen molar-refractivity contribution in [3.8, 4) is 5.75 Å². The number of hydrogen-bond donors (Lipinski definition) is 1. The Hall–Kier alpha value is -1.55. The number of halogens is 1. The molecule has 0 saturated heterocycles. The van der Waals surface area contributed by atoms with E-state index in [1.165, 1.54) is 0 Å². The molecule has 1 aromatic carbocycles. The predicted molar refractivity (Wildman–Crippen MR) is 64.9 cm³/mol. The van der Waals surface area contributed by atoms with Crippen LogP contribution in [-0.2, 0) is 0 Å². The van der Waals surface area contributed by atoms with Crippen LogP contribution in [0.5, 0.6) is 5.75 Å². The summed E-state index contributed by atoms with van der Waals surface area (Å²) in [7, 11) is 1.55. The number of ether oxygens (including phenoxy) is 1. The van der Waals surface area contributed by atoms with Gasteiger partial charge >= 0.3 is 0 Å². The first kappa shape index (κ1) is 11.0. The van der Waals surface area contributed by atoms with Gasteiger partial charge in [-0.2, -0.15) is 0 Å². The maximum absolute atomic E-state index is 12.1. The molecule has 82 valence electrons. The van der Waals surface area contributed by atoms with Crippen LogP contribution in [0, 0.1) is 0 Å². The lowest BCUT2D eigenvalue weighted by Crippen LogP contribution is -2.04. The second kappa shape index (κ2) is 4.53. The maximum Gasteiger partial charge on any atom is 0.212 e. The smallest absolute Gasteiger partial charge is 0.212 e. The van der Waals surface area contributed by atoms with E-state index in [0.29, 0.717) is 17.0 Å². The lowest BCUT2D eigenvalue weighted by atomic mass is 10.1. The van der Waals surface area contributed by atoms with Crippen molar-refractivity contribution in [2.24, 2.45) is 0 Å². The minimum Gasteiger partial charge on any atom is -0.496 e. The normalized spacial score (nSPS) is 10.1. The van der Waals surface area contributed by atoms with Crippen molar-refractivity contribution in [2.45, 2.75) is 0 Å². The van der Waals surface area contributed by atoms with E-state index in [4.69, 9.17) is 4.74 Å². The fraction of sp³-hybridized carbons (Fsp3) is 0.0833. The fourth-order valence-electron chi connectivity index (χ4n) is 1.47. The van der Waals surface area contributed by atoms with Crippen molar-refractivity contribution in [1.29, 1.82) is 0 Å². The van der Waals surface area contributed by atoms with Gasteiger partial charge in [-0.15, -0.1) is 0 Å². The van der Waals surface area contributed by atoms with Gasteiger partial charge in [-0.05, 0) is 30.3 Å². The Labute approximate surface area is 102 Å². The Morgan fingerprint density at radius 3 is 2.81 bits per heavy atom. The second-order valence-electron chi connectivity index (χ2n) is 3.26. The molecule has 0 aliphatic rings. The number of carbonyl (C=O) groups is 1. The highest BCUT2D eigenvalue weighted by Crippen LogP contribution is 2.25. The van der Waals surface area contributed by atoms with E-state index in [9.17, 15) is 4.79 Å². The van der Waals surface area contributed by atoms with Gasteiger partial charge in [0, 0.05) is 10.7 Å². The Balaban J connectivity index is 2.44. The van der Waals surface area contributed by atoms with Crippen LogP contribution >= 0.6 is 15.9 Å². The van der Waals surface area contributed by atoms with Crippen molar-refractivity contribution in [1.82, 2.24) is 4.98 Å². The number of methoxy groups -OCH3 is 1. The molecule has 3 nitrogen and oxygen atoms in total. The Morgan fingerprint density at radius 2 is 2.19 bits per heavy atom. The number of carbonyl (C=O) groups excluding carboxylic acids is 1. The quantitative estimate of drug-likeness (QED) is 0.878. The summed E-state index contributed by atoms with van der Waals surface area (Å²) in [6.07, 6.45) is 1.72. The highest BCUT2D eigenvalue weighted by atomic mass is 79.9. The van der Waals surface area contributed by atoms with Crippen molar-refractivity contribution in [2.75, 3.05) is 7.11 Å². The van der Waals surface area contributed by atoms with E-state index in [-0.39, 0.29) is 5.78 Å². The van der Waals surface area contributed by atoms with Gasteiger partial charge in [-0.3, -0.25) is 4.79 Å². The average Bonchev–Trinajstić information content (AvgIpc) is 2.81. The molecular formula is C12H10BrNO2. The number of benzene rings is 1. The largest absolute Gasteiger partial charge is 0.496 e. The highest BCUT2D eigenvalue weighted by molar-refractivity contribution is 9.10. The van der Waals surface area contributed by atoms with Gasteiger partial charge in [0.2, 0.25) is 5.78 Å². The van der Waals surface area contributed by atoms with E-state index in [0.717, 1.165) is 4.47 Å². The molecule has 16 heavy (non-hydrogen) atoms. The number of aromatic nitrogens is 1. The first-order chi connectivity index (χ1) is 7.72. The van der Waals surface area contributed by atoms with Gasteiger partial charge in [-0.25, -0.2) is 0 Å². The number of H-pyrrole nitrogens is 1. The Kier molecular flexibility index (Phi) is 3.10. The summed E-state index contributed by atoms with van der Waals surface area (Å²) < 4.78 is 6.06. The zero-order chi connectivity index (χ0) is 11.5. The van der Waals surface area contributed by atoms with E-state index in [2.05, 4.69) is 20.9 Å². The summed E-state index contributed by atoms with van der Waals surface area (Å²) in [5.74, 6) is 0.489. The molecule has 1 heterocycles. The van der Waals surface area contributed by atoms with Crippen molar-refractivity contribution >= 4 is 21.7 Å². The molecule has 0 amide bonds. The molecule has 2 aromatic rings. The van der Waals surface area contributed by atoms with Gasteiger partial charge in [0.1, 0.15) is 5.75 Å². The molecule has 4 heteroatoms. The van der Waals surface area contributed by atoms with E-state index in [1.807, 2.05) is 6.07 Å². The van der Waals surface area contributed by atoms with Gasteiger partial charge in [0.05, 0.1) is 18.4 Å². The molecule has 1 aromatic heterocycles. The SMILES string of the molecule is COc1cc(Br)ccc1C(=O)c1ccc[nH]1. The second-order valence-corrected chi connectivity index (χ2v) is 4.17. The Bertz CT molecular complexity index is 506. The maximum atomic E-state index is 12.1. The van der Waals surface area contributed by atoms with Crippen LogP contribution in [0.4, 0.5) is 0 Å². The summed E-state index contributed by atoms with van der Waals surface area (Å²) in [5.41, 5.74) is 1.11. The lowest BCUT2D eigenvalue weighted by Gasteiger charge is -2.06. The van der Waals surface area contributed by atoms with Crippen LogP contribution in [-0.4, -0.2) is 17.9 Å². The third kappa shape index (κ3) is 2.02. The summed E-state index contributed by atoms with van der Waals surface area (Å²) >= 11 is 3.34. The van der Waals surface area contributed by atoms with Gasteiger partial charge in [0.15, 0.2) is 0 Å². The molecule has 0 saturated carbocycles. The number of nitrogens with one attached hydrogen (secondary N) is 1. The van der Waals surface area contributed by atoms with Crippen LogP contribution in [0.2, 0.25) is 0 Å². The van der Waals surface area contributed by atoms with Gasteiger partial charge in [-0.1, -0.05) is 15.9 Å². The van der Waals surface area contributed by atoms with Gasteiger partial charge in [0.25, 0.3) is 0 Å². The summed E-state index contributed by atoms with van der Waals surface area (Å²) in [6.45, 7) is 0. The molecule has 0 aliphatic heterocycles. The molecule has 0 bridgehead atoms. The topological polar surface area (TPSA) is 42.1 Å². The molecular weight excluding hydrogens is 270 g/mol. The van der Waals surface area contributed by atoms with Crippen molar-refractivity contribution in [3.05, 3.63) is 52.3 Å². The van der Waals surface area contributed by atoms with Crippen LogP contribution in [0.15, 0.2) is 41.0 Å². The fourth-order valence-corrected chi connectivity index (χ4v) is 1.81. The average molecular weight is 280 g/mol. The summed E-state index contributed by atoms with van der Waals surface area (Å²) in [4.78, 5) is 15.0. The number of rotatable bonds is 3. The summed E-state index contributed by atoms with van der Waals surface area (Å²) in [6, 6.07) is 8.86. The van der Waals surface area contributed by atoms with E-state index in [1.54, 1.807) is 37.6 Å². The highest BCUT2D eigenvalue weighted by Gasteiger charge is 2.14. The first-order valence-corrected chi connectivity index (χ1v) is 5.53. The lowest BCUT2D eigenvalue weighted by molar-refractivity contribution is 0.103. The predicted octanol–water partition coefficient (Wildman–Crippen LogP) is 3.02. The monoisotopic (exact) mass is 279 g/mol. The minimum atomic E-state index is -0.0747. The molecule has 2 rings (SSSR count). The summed E-state index contributed by atoms with van der Waals surface area (Å²) in [5, 5.41) is 0. The molecule has 0 fully saturated rings. The zero-order valence-corrected chi connectivity index (χ0v) is 10.2. The van der Waals surface area contributed by atoms with Crippen LogP contribution in [0.1, 0.15) is 16.1 Å². The van der Waals surface area contributed by atoms with E-state index < -0.39 is 0 Å². The minimum absolute atomic E-state index is 0.0747. The molecule has 0 aliphatic carbocycles.